The van der Waals surface area contributed by atoms with Crippen molar-refractivity contribution >= 4 is 10.2 Å². The SMILES string of the molecule is CCN(CC)C(CNS(=O)(=O)NC)c1ccccc1. The molecule has 1 rings (SSSR count). The minimum atomic E-state index is -3.40. The number of nitrogens with one attached hydrogen (secondary N) is 2. The summed E-state index contributed by atoms with van der Waals surface area (Å²) in [6, 6.07) is 9.99. The van der Waals surface area contributed by atoms with Crippen molar-refractivity contribution in [3.05, 3.63) is 35.9 Å². The van der Waals surface area contributed by atoms with Crippen molar-refractivity contribution in [2.24, 2.45) is 0 Å². The van der Waals surface area contributed by atoms with Crippen LogP contribution in [-0.2, 0) is 10.2 Å². The van der Waals surface area contributed by atoms with Crippen molar-refractivity contribution in [3.8, 4) is 0 Å². The number of likely N-dealkylation sites (N-methyl/N-ethyl adjacent to an activating group) is 1. The van der Waals surface area contributed by atoms with Gasteiger partial charge in [0, 0.05) is 19.6 Å². The molecule has 0 fully saturated rings. The number of nitrogens with zero attached hydrogens (tertiary/aromatic N) is 1. The Morgan fingerprint density at radius 2 is 1.74 bits per heavy atom. The Hall–Kier alpha value is -0.950. The van der Waals surface area contributed by atoms with Crippen molar-refractivity contribution in [3.63, 3.8) is 0 Å². The average molecular weight is 285 g/mol. The third-order valence-electron chi connectivity index (χ3n) is 3.17. The molecule has 0 aliphatic carbocycles. The fourth-order valence-electron chi connectivity index (χ4n) is 2.06. The summed E-state index contributed by atoms with van der Waals surface area (Å²) in [5, 5.41) is 0. The summed E-state index contributed by atoms with van der Waals surface area (Å²) >= 11 is 0. The zero-order valence-corrected chi connectivity index (χ0v) is 12.6. The van der Waals surface area contributed by atoms with E-state index in [2.05, 4.69) is 28.2 Å². The molecule has 19 heavy (non-hydrogen) atoms. The lowest BCUT2D eigenvalue weighted by Gasteiger charge is -2.30. The summed E-state index contributed by atoms with van der Waals surface area (Å²) in [6.45, 7) is 6.25. The van der Waals surface area contributed by atoms with Crippen molar-refractivity contribution in [1.29, 1.82) is 0 Å². The van der Waals surface area contributed by atoms with Crippen molar-refractivity contribution in [1.82, 2.24) is 14.3 Å². The smallest absolute Gasteiger partial charge is 0.276 e. The van der Waals surface area contributed by atoms with E-state index in [1.165, 1.54) is 7.05 Å². The zero-order chi connectivity index (χ0) is 14.3. The van der Waals surface area contributed by atoms with Crippen molar-refractivity contribution in [2.45, 2.75) is 19.9 Å². The van der Waals surface area contributed by atoms with Gasteiger partial charge in [-0.3, -0.25) is 4.90 Å². The lowest BCUT2D eigenvalue weighted by atomic mass is 10.1. The standard InChI is InChI=1S/C13H23N3O2S/c1-4-16(5-2)13(11-15-19(17,18)14-3)12-9-7-6-8-10-12/h6-10,13-15H,4-5,11H2,1-3H3. The molecule has 1 unspecified atom stereocenters. The average Bonchev–Trinajstić information content (AvgIpc) is 2.44. The number of benzene rings is 1. The summed E-state index contributed by atoms with van der Waals surface area (Å²) in [6.07, 6.45) is 0. The van der Waals surface area contributed by atoms with E-state index in [-0.39, 0.29) is 6.04 Å². The molecule has 0 saturated heterocycles. The molecule has 2 N–H and O–H groups in total. The molecule has 0 heterocycles. The van der Waals surface area contributed by atoms with Gasteiger partial charge in [-0.05, 0) is 18.7 Å². The first kappa shape index (κ1) is 16.1. The maximum Gasteiger partial charge on any atom is 0.276 e. The van der Waals surface area contributed by atoms with E-state index >= 15 is 0 Å². The molecule has 5 nitrogen and oxygen atoms in total. The van der Waals surface area contributed by atoms with Crippen LogP contribution in [0.1, 0.15) is 25.5 Å². The Balaban J connectivity index is 2.88. The predicted molar refractivity (Wildman–Crippen MR) is 78.1 cm³/mol. The second kappa shape index (κ2) is 7.59. The van der Waals surface area contributed by atoms with Crippen LogP contribution in [0.3, 0.4) is 0 Å². The third-order valence-corrected chi connectivity index (χ3v) is 4.26. The molecule has 1 aromatic rings. The van der Waals surface area contributed by atoms with E-state index in [1.807, 2.05) is 30.3 Å². The first-order valence-electron chi connectivity index (χ1n) is 6.51. The van der Waals surface area contributed by atoms with Crippen molar-refractivity contribution in [2.75, 3.05) is 26.7 Å². The van der Waals surface area contributed by atoms with Crippen LogP contribution in [0.2, 0.25) is 0 Å². The van der Waals surface area contributed by atoms with Crippen LogP contribution in [0.5, 0.6) is 0 Å². The second-order valence-corrected chi connectivity index (χ2v) is 5.91. The maximum absolute atomic E-state index is 11.5. The van der Waals surface area contributed by atoms with Gasteiger partial charge in [-0.15, -0.1) is 0 Å². The van der Waals surface area contributed by atoms with Crippen LogP contribution in [-0.4, -0.2) is 40.0 Å². The normalized spacial score (nSPS) is 13.7. The highest BCUT2D eigenvalue weighted by Crippen LogP contribution is 2.19. The van der Waals surface area contributed by atoms with E-state index in [0.29, 0.717) is 6.54 Å². The van der Waals surface area contributed by atoms with E-state index in [0.717, 1.165) is 18.7 Å². The monoisotopic (exact) mass is 285 g/mol. The lowest BCUT2D eigenvalue weighted by molar-refractivity contribution is 0.220. The van der Waals surface area contributed by atoms with Crippen LogP contribution in [0, 0.1) is 0 Å². The molecule has 0 spiro atoms. The zero-order valence-electron chi connectivity index (χ0n) is 11.8. The largest absolute Gasteiger partial charge is 0.296 e. The Morgan fingerprint density at radius 3 is 2.21 bits per heavy atom. The summed E-state index contributed by atoms with van der Waals surface area (Å²) < 4.78 is 27.8. The van der Waals surface area contributed by atoms with E-state index < -0.39 is 10.2 Å². The van der Waals surface area contributed by atoms with Gasteiger partial charge in [0.2, 0.25) is 0 Å². The fraction of sp³-hybridized carbons (Fsp3) is 0.538. The van der Waals surface area contributed by atoms with Crippen molar-refractivity contribution < 1.29 is 8.42 Å². The van der Waals surface area contributed by atoms with E-state index in [4.69, 9.17) is 0 Å². The molecule has 1 aromatic carbocycles. The molecule has 0 bridgehead atoms. The quantitative estimate of drug-likeness (QED) is 0.752. The maximum atomic E-state index is 11.5. The highest BCUT2D eigenvalue weighted by molar-refractivity contribution is 7.87. The van der Waals surface area contributed by atoms with Gasteiger partial charge in [0.25, 0.3) is 10.2 Å². The van der Waals surface area contributed by atoms with Crippen LogP contribution in [0.15, 0.2) is 30.3 Å². The van der Waals surface area contributed by atoms with Gasteiger partial charge in [-0.25, -0.2) is 9.44 Å². The molecule has 0 saturated carbocycles. The predicted octanol–water partition coefficient (Wildman–Crippen LogP) is 1.12. The van der Waals surface area contributed by atoms with E-state index in [1.54, 1.807) is 0 Å². The molecule has 0 aliphatic rings. The molecule has 0 radical (unpaired) electrons. The Kier molecular flexibility index (Phi) is 6.44. The van der Waals surface area contributed by atoms with Gasteiger partial charge < -0.3 is 0 Å². The first-order chi connectivity index (χ1) is 9.04. The number of hydrogen-bond donors (Lipinski definition) is 2. The molecular weight excluding hydrogens is 262 g/mol. The Morgan fingerprint density at radius 1 is 1.16 bits per heavy atom. The first-order valence-corrected chi connectivity index (χ1v) is 7.99. The summed E-state index contributed by atoms with van der Waals surface area (Å²) in [5.74, 6) is 0. The summed E-state index contributed by atoms with van der Waals surface area (Å²) in [7, 11) is -2.00. The molecule has 108 valence electrons. The third kappa shape index (κ3) is 4.91. The highest BCUT2D eigenvalue weighted by atomic mass is 32.2. The summed E-state index contributed by atoms with van der Waals surface area (Å²) in [5.41, 5.74) is 1.12. The molecule has 6 heteroatoms. The topological polar surface area (TPSA) is 61.4 Å². The molecule has 0 aromatic heterocycles. The molecular formula is C13H23N3O2S. The lowest BCUT2D eigenvalue weighted by Crippen LogP contribution is -2.41. The fourth-order valence-corrected chi connectivity index (χ4v) is 2.58. The van der Waals surface area contributed by atoms with Gasteiger partial charge in [0.1, 0.15) is 0 Å². The molecule has 1 atom stereocenters. The Labute approximate surface area is 116 Å². The van der Waals surface area contributed by atoms with Crippen LogP contribution in [0.25, 0.3) is 0 Å². The molecule has 0 aliphatic heterocycles. The van der Waals surface area contributed by atoms with Gasteiger partial charge in [0.05, 0.1) is 0 Å². The molecule has 0 amide bonds. The van der Waals surface area contributed by atoms with Gasteiger partial charge in [0.15, 0.2) is 0 Å². The van der Waals surface area contributed by atoms with Crippen LogP contribution < -0.4 is 9.44 Å². The second-order valence-electron chi connectivity index (χ2n) is 4.20. The minimum Gasteiger partial charge on any atom is -0.296 e. The summed E-state index contributed by atoms with van der Waals surface area (Å²) in [4.78, 5) is 2.23. The minimum absolute atomic E-state index is 0.0410. The van der Waals surface area contributed by atoms with Crippen LogP contribution >= 0.6 is 0 Å². The van der Waals surface area contributed by atoms with Gasteiger partial charge >= 0.3 is 0 Å². The number of rotatable bonds is 8. The highest BCUT2D eigenvalue weighted by Gasteiger charge is 2.19. The van der Waals surface area contributed by atoms with E-state index in [9.17, 15) is 8.42 Å². The number of hydrogen-bond acceptors (Lipinski definition) is 3. The van der Waals surface area contributed by atoms with Gasteiger partial charge in [-0.2, -0.15) is 8.42 Å². The Bertz CT molecular complexity index is 458. The van der Waals surface area contributed by atoms with Gasteiger partial charge in [-0.1, -0.05) is 44.2 Å². The van der Waals surface area contributed by atoms with Crippen LogP contribution in [0.4, 0.5) is 0 Å².